The Bertz CT molecular complexity index is 336. The van der Waals surface area contributed by atoms with Crippen molar-refractivity contribution in [1.29, 1.82) is 0 Å². The van der Waals surface area contributed by atoms with Crippen molar-refractivity contribution in [3.8, 4) is 0 Å². The number of carbonyl (C=O) groups excluding carboxylic acids is 1. The molecule has 96 valence electrons. The van der Waals surface area contributed by atoms with Crippen molar-refractivity contribution in [1.82, 2.24) is 4.90 Å². The van der Waals surface area contributed by atoms with Crippen LogP contribution in [-0.4, -0.2) is 47.3 Å². The minimum Gasteiger partial charge on any atom is -0.457 e. The van der Waals surface area contributed by atoms with Crippen LogP contribution in [0.1, 0.15) is 33.1 Å². The standard InChI is InChI=1S/C13H21NO3/c1-8(2)4-13(16)17-12-6-9-5-10(15)7-11(12)14(9)3/h4,9-12,15H,5-7H2,1-3H3. The Hall–Kier alpha value is -0.870. The van der Waals surface area contributed by atoms with E-state index >= 15 is 0 Å². The van der Waals surface area contributed by atoms with Crippen LogP contribution in [0.5, 0.6) is 0 Å². The van der Waals surface area contributed by atoms with E-state index in [0.717, 1.165) is 18.4 Å². The minimum atomic E-state index is -0.259. The predicted octanol–water partition coefficient (Wildman–Crippen LogP) is 1.09. The lowest BCUT2D eigenvalue weighted by atomic mass is 10.0. The monoisotopic (exact) mass is 239 g/mol. The van der Waals surface area contributed by atoms with Gasteiger partial charge in [0, 0.05) is 24.6 Å². The van der Waals surface area contributed by atoms with Crippen molar-refractivity contribution >= 4 is 5.97 Å². The van der Waals surface area contributed by atoms with E-state index in [1.807, 2.05) is 13.8 Å². The first-order chi connectivity index (χ1) is 7.97. The number of allylic oxidation sites excluding steroid dienone is 1. The maximum absolute atomic E-state index is 11.6. The molecule has 2 fully saturated rings. The number of ether oxygens (including phenoxy) is 1. The summed E-state index contributed by atoms with van der Waals surface area (Å²) in [5.41, 5.74) is 0.948. The van der Waals surface area contributed by atoms with Crippen LogP contribution < -0.4 is 0 Å². The van der Waals surface area contributed by atoms with Gasteiger partial charge in [0.15, 0.2) is 0 Å². The van der Waals surface area contributed by atoms with Gasteiger partial charge in [0.25, 0.3) is 0 Å². The number of rotatable bonds is 2. The first-order valence-electron chi connectivity index (χ1n) is 6.23. The van der Waals surface area contributed by atoms with E-state index in [-0.39, 0.29) is 24.2 Å². The zero-order valence-corrected chi connectivity index (χ0v) is 10.7. The van der Waals surface area contributed by atoms with Crippen LogP contribution in [0.4, 0.5) is 0 Å². The van der Waals surface area contributed by atoms with E-state index in [2.05, 4.69) is 11.9 Å². The third-order valence-electron chi connectivity index (χ3n) is 3.76. The Morgan fingerprint density at radius 2 is 2.06 bits per heavy atom. The molecule has 2 heterocycles. The maximum atomic E-state index is 11.6. The number of aliphatic hydroxyl groups excluding tert-OH is 1. The smallest absolute Gasteiger partial charge is 0.331 e. The highest BCUT2D eigenvalue weighted by molar-refractivity contribution is 5.82. The number of carbonyl (C=O) groups is 1. The van der Waals surface area contributed by atoms with Crippen LogP contribution in [0.15, 0.2) is 11.6 Å². The highest BCUT2D eigenvalue weighted by Crippen LogP contribution is 2.36. The molecule has 2 aliphatic heterocycles. The number of hydrogen-bond donors (Lipinski definition) is 1. The zero-order chi connectivity index (χ0) is 12.6. The number of likely N-dealkylation sites (N-methyl/N-ethyl adjacent to an activating group) is 1. The Balaban J connectivity index is 1.99. The van der Waals surface area contributed by atoms with Crippen molar-refractivity contribution in [3.05, 3.63) is 11.6 Å². The Labute approximate surface area is 102 Å². The van der Waals surface area contributed by atoms with Gasteiger partial charge in [0.1, 0.15) is 6.10 Å². The molecule has 2 bridgehead atoms. The van der Waals surface area contributed by atoms with Crippen molar-refractivity contribution in [2.45, 2.75) is 57.4 Å². The average Bonchev–Trinajstić information content (AvgIpc) is 2.40. The lowest BCUT2D eigenvalue weighted by Gasteiger charge is -2.34. The second-order valence-corrected chi connectivity index (χ2v) is 5.44. The summed E-state index contributed by atoms with van der Waals surface area (Å²) in [5.74, 6) is -0.259. The summed E-state index contributed by atoms with van der Waals surface area (Å²) in [4.78, 5) is 13.8. The van der Waals surface area contributed by atoms with E-state index in [1.165, 1.54) is 6.08 Å². The quantitative estimate of drug-likeness (QED) is 0.579. The molecule has 17 heavy (non-hydrogen) atoms. The van der Waals surface area contributed by atoms with Gasteiger partial charge in [-0.05, 0) is 33.7 Å². The summed E-state index contributed by atoms with van der Waals surface area (Å²) in [6, 6.07) is 0.534. The molecule has 0 radical (unpaired) electrons. The maximum Gasteiger partial charge on any atom is 0.331 e. The van der Waals surface area contributed by atoms with Gasteiger partial charge in [0.2, 0.25) is 0 Å². The van der Waals surface area contributed by atoms with Crippen LogP contribution in [0.25, 0.3) is 0 Å². The van der Waals surface area contributed by atoms with E-state index < -0.39 is 0 Å². The fourth-order valence-electron chi connectivity index (χ4n) is 2.94. The molecular formula is C13H21NO3. The average molecular weight is 239 g/mol. The normalized spacial score (nSPS) is 36.7. The van der Waals surface area contributed by atoms with Crippen LogP contribution in [0.3, 0.4) is 0 Å². The molecule has 0 aromatic rings. The summed E-state index contributed by atoms with van der Waals surface area (Å²) in [6.45, 7) is 3.76. The van der Waals surface area contributed by atoms with Crippen LogP contribution in [0.2, 0.25) is 0 Å². The molecule has 4 nitrogen and oxygen atoms in total. The van der Waals surface area contributed by atoms with Gasteiger partial charge in [-0.3, -0.25) is 4.90 Å². The molecule has 0 spiro atoms. The molecule has 2 aliphatic rings. The Morgan fingerprint density at radius 3 is 2.71 bits per heavy atom. The van der Waals surface area contributed by atoms with Crippen LogP contribution >= 0.6 is 0 Å². The lowest BCUT2D eigenvalue weighted by Crippen LogP contribution is -2.44. The van der Waals surface area contributed by atoms with Crippen molar-refractivity contribution < 1.29 is 14.6 Å². The molecule has 4 unspecified atom stereocenters. The van der Waals surface area contributed by atoms with E-state index in [1.54, 1.807) is 0 Å². The third-order valence-corrected chi connectivity index (χ3v) is 3.76. The van der Waals surface area contributed by atoms with Gasteiger partial charge in [-0.1, -0.05) is 5.57 Å². The number of piperidine rings is 1. The summed E-state index contributed by atoms with van der Waals surface area (Å²) in [6.07, 6.45) is 3.57. The summed E-state index contributed by atoms with van der Waals surface area (Å²) in [7, 11) is 2.05. The third kappa shape index (κ3) is 2.69. The molecule has 2 rings (SSSR count). The van der Waals surface area contributed by atoms with Crippen LogP contribution in [0, 0.1) is 0 Å². The Kier molecular flexibility index (Phi) is 3.54. The molecule has 0 aliphatic carbocycles. The minimum absolute atomic E-state index is 0.0646. The van der Waals surface area contributed by atoms with Crippen molar-refractivity contribution in [2.75, 3.05) is 7.05 Å². The molecule has 0 aromatic carbocycles. The fourth-order valence-corrected chi connectivity index (χ4v) is 2.94. The van der Waals surface area contributed by atoms with E-state index in [4.69, 9.17) is 4.74 Å². The molecule has 0 amide bonds. The first kappa shape index (κ1) is 12.6. The summed E-state index contributed by atoms with van der Waals surface area (Å²) < 4.78 is 5.49. The second kappa shape index (κ2) is 4.78. The second-order valence-electron chi connectivity index (χ2n) is 5.44. The van der Waals surface area contributed by atoms with E-state index in [0.29, 0.717) is 12.5 Å². The lowest BCUT2D eigenvalue weighted by molar-refractivity contribution is -0.144. The summed E-state index contributed by atoms with van der Waals surface area (Å²) in [5, 5.41) is 9.73. The van der Waals surface area contributed by atoms with Crippen LogP contribution in [-0.2, 0) is 9.53 Å². The van der Waals surface area contributed by atoms with E-state index in [9.17, 15) is 9.90 Å². The molecule has 4 atom stereocenters. The van der Waals surface area contributed by atoms with Gasteiger partial charge in [-0.2, -0.15) is 0 Å². The van der Waals surface area contributed by atoms with Gasteiger partial charge >= 0.3 is 5.97 Å². The highest BCUT2D eigenvalue weighted by atomic mass is 16.5. The number of esters is 1. The number of fused-ring (bicyclic) bond motifs is 2. The molecule has 2 saturated heterocycles. The van der Waals surface area contributed by atoms with Crippen molar-refractivity contribution in [2.24, 2.45) is 0 Å². The molecule has 0 aromatic heterocycles. The number of hydrogen-bond acceptors (Lipinski definition) is 4. The molecule has 4 heteroatoms. The predicted molar refractivity (Wildman–Crippen MR) is 64.5 cm³/mol. The molecule has 0 saturated carbocycles. The topological polar surface area (TPSA) is 49.8 Å². The largest absolute Gasteiger partial charge is 0.457 e. The first-order valence-corrected chi connectivity index (χ1v) is 6.23. The van der Waals surface area contributed by atoms with Gasteiger partial charge in [-0.15, -0.1) is 0 Å². The SMILES string of the molecule is CC(C)=CC(=O)OC1CC2CC(O)CC1N2C. The molecule has 1 N–H and O–H groups in total. The highest BCUT2D eigenvalue weighted by Gasteiger charge is 2.46. The fraction of sp³-hybridized carbons (Fsp3) is 0.769. The number of aliphatic hydroxyl groups is 1. The van der Waals surface area contributed by atoms with Gasteiger partial charge in [0.05, 0.1) is 6.10 Å². The van der Waals surface area contributed by atoms with Gasteiger partial charge < -0.3 is 9.84 Å². The molecular weight excluding hydrogens is 218 g/mol. The van der Waals surface area contributed by atoms with Crippen molar-refractivity contribution in [3.63, 3.8) is 0 Å². The zero-order valence-electron chi connectivity index (χ0n) is 10.7. The summed E-state index contributed by atoms with van der Waals surface area (Å²) >= 11 is 0. The number of nitrogens with zero attached hydrogens (tertiary/aromatic N) is 1. The van der Waals surface area contributed by atoms with Gasteiger partial charge in [-0.25, -0.2) is 4.79 Å². The Morgan fingerprint density at radius 1 is 1.35 bits per heavy atom.